The van der Waals surface area contributed by atoms with Gasteiger partial charge in [0.1, 0.15) is 11.0 Å². The molecule has 2 nitrogen and oxygen atoms in total. The normalized spacial score (nSPS) is 10.7. The van der Waals surface area contributed by atoms with Gasteiger partial charge < -0.3 is 4.42 Å². The minimum Gasteiger partial charge on any atom is -0.456 e. The maximum atomic E-state index is 9.53. The lowest BCUT2D eigenvalue weighted by Gasteiger charge is -2.07. The van der Waals surface area contributed by atoms with Gasteiger partial charge in [0.15, 0.2) is 0 Å². The average molecular weight is 321 g/mol. The van der Waals surface area contributed by atoms with Crippen LogP contribution < -0.4 is 10.6 Å². The molecule has 2 heteroatoms. The molecule has 0 spiro atoms. The summed E-state index contributed by atoms with van der Waals surface area (Å²) in [5.41, 5.74) is 5.80. The zero-order valence-corrected chi connectivity index (χ0v) is 13.6. The van der Waals surface area contributed by atoms with E-state index in [9.17, 15) is 5.26 Å². The van der Waals surface area contributed by atoms with Crippen LogP contribution in [0.15, 0.2) is 71.1 Å². The smallest absolute Gasteiger partial charge is 0.144 e. The molecule has 0 aliphatic carbocycles. The molecule has 0 saturated carbocycles. The average Bonchev–Trinajstić information content (AvgIpc) is 2.96. The van der Waals surface area contributed by atoms with Crippen LogP contribution in [-0.2, 0) is 0 Å². The number of furan rings is 1. The molecule has 0 aliphatic rings. The second-order valence-corrected chi connectivity index (χ2v) is 5.92. The van der Waals surface area contributed by atoms with Gasteiger partial charge in [-0.3, -0.25) is 0 Å². The number of nitrogens with zero attached hydrogens (tertiary/aromatic N) is 1. The predicted molar refractivity (Wildman–Crippen MR) is 102 cm³/mol. The van der Waals surface area contributed by atoms with Gasteiger partial charge in [-0.15, -0.1) is 0 Å². The standard InChI is InChI=1S/C23H15NO/c1-15-16(2)25-23-21(15)13-12-20(14-24)22(23)19-10-8-18(9-11-19)17-6-4-3-5-7-17/h3-13H,1-2H2. The monoisotopic (exact) mass is 321 g/mol. The molecule has 0 radical (unpaired) electrons. The van der Waals surface area contributed by atoms with Crippen LogP contribution in [0.25, 0.3) is 46.4 Å². The molecule has 0 aliphatic heterocycles. The summed E-state index contributed by atoms with van der Waals surface area (Å²) >= 11 is 0. The third-order valence-corrected chi connectivity index (χ3v) is 4.45. The van der Waals surface area contributed by atoms with Crippen molar-refractivity contribution in [2.45, 2.75) is 0 Å². The zero-order chi connectivity index (χ0) is 17.4. The molecule has 0 fully saturated rings. The molecule has 118 valence electrons. The van der Waals surface area contributed by atoms with E-state index in [4.69, 9.17) is 4.42 Å². The fraction of sp³-hybridized carbons (Fsp3) is 0. The molecule has 25 heavy (non-hydrogen) atoms. The lowest BCUT2D eigenvalue weighted by atomic mass is 9.96. The maximum absolute atomic E-state index is 9.53. The van der Waals surface area contributed by atoms with E-state index in [0.29, 0.717) is 16.6 Å². The highest BCUT2D eigenvalue weighted by Gasteiger charge is 2.14. The van der Waals surface area contributed by atoms with Gasteiger partial charge in [-0.1, -0.05) is 67.8 Å². The van der Waals surface area contributed by atoms with Crippen molar-refractivity contribution in [3.05, 3.63) is 82.9 Å². The van der Waals surface area contributed by atoms with Crippen LogP contribution in [0.5, 0.6) is 0 Å². The highest BCUT2D eigenvalue weighted by molar-refractivity contribution is 5.96. The Bertz CT molecular complexity index is 1210. The molecule has 0 atom stereocenters. The first-order valence-corrected chi connectivity index (χ1v) is 7.98. The number of nitriles is 1. The summed E-state index contributed by atoms with van der Waals surface area (Å²) in [6, 6.07) is 24.3. The Morgan fingerprint density at radius 2 is 1.40 bits per heavy atom. The Morgan fingerprint density at radius 1 is 0.760 bits per heavy atom. The topological polar surface area (TPSA) is 36.9 Å². The summed E-state index contributed by atoms with van der Waals surface area (Å²) in [6.07, 6.45) is 0. The van der Waals surface area contributed by atoms with Crippen molar-refractivity contribution in [2.24, 2.45) is 0 Å². The second-order valence-electron chi connectivity index (χ2n) is 5.92. The highest BCUT2D eigenvalue weighted by Crippen LogP contribution is 2.32. The Morgan fingerprint density at radius 3 is 2.08 bits per heavy atom. The fourth-order valence-electron chi connectivity index (χ4n) is 3.10. The molecule has 0 saturated heterocycles. The first-order chi connectivity index (χ1) is 12.2. The molecule has 4 aromatic rings. The van der Waals surface area contributed by atoms with E-state index >= 15 is 0 Å². The van der Waals surface area contributed by atoms with Crippen LogP contribution in [0.4, 0.5) is 0 Å². The molecule has 0 bridgehead atoms. The molecule has 1 heterocycles. The Balaban J connectivity index is 1.93. The van der Waals surface area contributed by atoms with Gasteiger partial charge in [-0.2, -0.15) is 5.26 Å². The third kappa shape index (κ3) is 2.43. The Kier molecular flexibility index (Phi) is 3.48. The van der Waals surface area contributed by atoms with E-state index < -0.39 is 0 Å². The SMILES string of the molecule is C=c1oc2c(-c3ccc(-c4ccccc4)cc3)c(C#N)ccc2c1=C. The summed E-state index contributed by atoms with van der Waals surface area (Å²) in [7, 11) is 0. The first kappa shape index (κ1) is 15.0. The first-order valence-electron chi connectivity index (χ1n) is 7.98. The van der Waals surface area contributed by atoms with E-state index in [2.05, 4.69) is 43.5 Å². The second kappa shape index (κ2) is 5.81. The van der Waals surface area contributed by atoms with Gasteiger partial charge in [0.2, 0.25) is 0 Å². The molecule has 0 N–H and O–H groups in total. The molecular weight excluding hydrogens is 306 g/mol. The van der Waals surface area contributed by atoms with Crippen molar-refractivity contribution >= 4 is 24.1 Å². The quantitative estimate of drug-likeness (QED) is 0.546. The lowest BCUT2D eigenvalue weighted by molar-refractivity contribution is 0.578. The molecular formula is C23H15NO. The highest BCUT2D eigenvalue weighted by atomic mass is 16.3. The van der Waals surface area contributed by atoms with Gasteiger partial charge in [0, 0.05) is 16.2 Å². The minimum absolute atomic E-state index is 0.534. The number of hydrogen-bond acceptors (Lipinski definition) is 2. The predicted octanol–water partition coefficient (Wildman–Crippen LogP) is 4.46. The maximum Gasteiger partial charge on any atom is 0.144 e. The van der Waals surface area contributed by atoms with E-state index in [1.54, 1.807) is 0 Å². The summed E-state index contributed by atoms with van der Waals surface area (Å²) in [6.45, 7) is 7.90. The van der Waals surface area contributed by atoms with Gasteiger partial charge in [-0.05, 0) is 28.8 Å². The summed E-state index contributed by atoms with van der Waals surface area (Å²) in [5, 5.41) is 11.2. The third-order valence-electron chi connectivity index (χ3n) is 4.45. The number of hydrogen-bond donors (Lipinski definition) is 0. The number of rotatable bonds is 2. The van der Waals surface area contributed by atoms with Crippen molar-refractivity contribution < 1.29 is 4.42 Å². The van der Waals surface area contributed by atoms with Crippen molar-refractivity contribution in [2.75, 3.05) is 0 Å². The van der Waals surface area contributed by atoms with Gasteiger partial charge in [-0.25, -0.2) is 0 Å². The Labute approximate surface area is 145 Å². The number of benzene rings is 3. The van der Waals surface area contributed by atoms with Crippen molar-refractivity contribution in [3.8, 4) is 28.3 Å². The van der Waals surface area contributed by atoms with Crippen LogP contribution in [0.3, 0.4) is 0 Å². The molecule has 0 unspecified atom stereocenters. The number of fused-ring (bicyclic) bond motifs is 1. The summed E-state index contributed by atoms with van der Waals surface area (Å²) in [4.78, 5) is 0. The zero-order valence-electron chi connectivity index (χ0n) is 13.6. The molecule has 0 amide bonds. The lowest BCUT2D eigenvalue weighted by Crippen LogP contribution is -2.15. The van der Waals surface area contributed by atoms with Crippen LogP contribution in [0, 0.1) is 11.3 Å². The molecule has 3 aromatic carbocycles. The van der Waals surface area contributed by atoms with Crippen LogP contribution in [-0.4, -0.2) is 0 Å². The van der Waals surface area contributed by atoms with Gasteiger partial charge >= 0.3 is 0 Å². The largest absolute Gasteiger partial charge is 0.456 e. The van der Waals surface area contributed by atoms with E-state index in [0.717, 1.165) is 32.9 Å². The van der Waals surface area contributed by atoms with Crippen LogP contribution in [0.1, 0.15) is 5.56 Å². The molecule has 4 rings (SSSR count). The van der Waals surface area contributed by atoms with Gasteiger partial charge in [0.25, 0.3) is 0 Å². The van der Waals surface area contributed by atoms with Crippen molar-refractivity contribution in [3.63, 3.8) is 0 Å². The summed E-state index contributed by atoms with van der Waals surface area (Å²) < 4.78 is 5.82. The van der Waals surface area contributed by atoms with Gasteiger partial charge in [0.05, 0.1) is 11.6 Å². The van der Waals surface area contributed by atoms with E-state index in [1.165, 1.54) is 0 Å². The molecule has 1 aromatic heterocycles. The van der Waals surface area contributed by atoms with Crippen molar-refractivity contribution in [1.29, 1.82) is 5.26 Å². The Hall–Kier alpha value is -3.57. The van der Waals surface area contributed by atoms with Crippen LogP contribution in [0.2, 0.25) is 0 Å². The van der Waals surface area contributed by atoms with E-state index in [1.807, 2.05) is 42.5 Å². The minimum atomic E-state index is 0.534. The van der Waals surface area contributed by atoms with Crippen LogP contribution >= 0.6 is 0 Å². The fourth-order valence-corrected chi connectivity index (χ4v) is 3.10. The van der Waals surface area contributed by atoms with E-state index in [-0.39, 0.29) is 0 Å². The van der Waals surface area contributed by atoms with Crippen molar-refractivity contribution in [1.82, 2.24) is 0 Å². The summed E-state index contributed by atoms with van der Waals surface area (Å²) in [5.74, 6) is 0.